The van der Waals surface area contributed by atoms with Crippen molar-refractivity contribution in [3.63, 3.8) is 0 Å². The Balaban J connectivity index is 1.63. The van der Waals surface area contributed by atoms with Crippen LogP contribution in [0.1, 0.15) is 57.7 Å². The molecule has 9 heteroatoms. The largest absolute Gasteiger partial charge is 0.506 e. The number of anilines is 2. The van der Waals surface area contributed by atoms with E-state index in [1.54, 1.807) is 26.0 Å². The standard InChI is InChI=1S/C32H31F3N2O4/c1-17(2)31(40)37-25-6-5-7-26(38)29(25)36-24-14-32(3,4)15-27(39)28(24)30(37)22-9-8-21(13-23(22)35)41-16-18-10-19(33)12-20(34)11-18/h5-13,17,30,36,38H,14-16H2,1-4H3. The zero-order valence-electron chi connectivity index (χ0n) is 23.2. The van der Waals surface area contributed by atoms with E-state index in [0.29, 0.717) is 17.8 Å². The van der Waals surface area contributed by atoms with Crippen molar-refractivity contribution < 1.29 is 32.6 Å². The van der Waals surface area contributed by atoms with Gasteiger partial charge in [0.05, 0.1) is 11.7 Å². The number of para-hydroxylation sites is 1. The van der Waals surface area contributed by atoms with Gasteiger partial charge >= 0.3 is 0 Å². The number of rotatable bonds is 5. The number of carbonyl (C=O) groups excluding carboxylic acids is 2. The predicted molar refractivity (Wildman–Crippen MR) is 149 cm³/mol. The van der Waals surface area contributed by atoms with Crippen LogP contribution in [0.5, 0.6) is 11.5 Å². The number of hydrogen-bond donors (Lipinski definition) is 2. The molecule has 0 radical (unpaired) electrons. The molecule has 0 bridgehead atoms. The maximum Gasteiger partial charge on any atom is 0.230 e. The number of benzene rings is 3. The summed E-state index contributed by atoms with van der Waals surface area (Å²) in [7, 11) is 0. The van der Waals surface area contributed by atoms with E-state index in [0.717, 1.165) is 24.3 Å². The average molecular weight is 565 g/mol. The van der Waals surface area contributed by atoms with Crippen LogP contribution in [-0.2, 0) is 16.2 Å². The van der Waals surface area contributed by atoms with Gasteiger partial charge in [-0.1, -0.05) is 33.8 Å². The molecule has 1 aliphatic carbocycles. The first-order valence-electron chi connectivity index (χ1n) is 13.4. The van der Waals surface area contributed by atoms with E-state index in [2.05, 4.69) is 5.32 Å². The number of Topliss-reactive ketones (excluding diaryl/α,β-unsaturated/α-hetero) is 1. The lowest BCUT2D eigenvalue weighted by Gasteiger charge is -2.37. The third-order valence-corrected chi connectivity index (χ3v) is 7.33. The SMILES string of the molecule is CC(C)C(=O)N1c2cccc(O)c2NC2=C(C(=O)CC(C)(C)C2)C1c1ccc(OCc2cc(F)cc(F)c2)cc1F. The lowest BCUT2D eigenvalue weighted by Crippen LogP contribution is -2.41. The van der Waals surface area contributed by atoms with E-state index in [4.69, 9.17) is 4.74 Å². The molecule has 214 valence electrons. The van der Waals surface area contributed by atoms with Crippen LogP contribution in [0.3, 0.4) is 0 Å². The fourth-order valence-electron chi connectivity index (χ4n) is 5.54. The second-order valence-electron chi connectivity index (χ2n) is 11.6. The van der Waals surface area contributed by atoms with Gasteiger partial charge in [0.2, 0.25) is 5.91 Å². The smallest absolute Gasteiger partial charge is 0.230 e. The van der Waals surface area contributed by atoms with Gasteiger partial charge < -0.3 is 15.2 Å². The van der Waals surface area contributed by atoms with Crippen LogP contribution in [0.25, 0.3) is 0 Å². The third-order valence-electron chi connectivity index (χ3n) is 7.33. The summed E-state index contributed by atoms with van der Waals surface area (Å²) in [6, 6.07) is 10.7. The number of allylic oxidation sites excluding steroid dienone is 1. The Hall–Kier alpha value is -4.27. The summed E-state index contributed by atoms with van der Waals surface area (Å²) >= 11 is 0. The van der Waals surface area contributed by atoms with Gasteiger partial charge in [0, 0.05) is 41.3 Å². The van der Waals surface area contributed by atoms with Gasteiger partial charge in [0.25, 0.3) is 0 Å². The number of phenolic OH excluding ortho intramolecular Hbond substituents is 1. The molecule has 2 N–H and O–H groups in total. The molecule has 1 atom stereocenters. The summed E-state index contributed by atoms with van der Waals surface area (Å²) in [5.41, 5.74) is 1.27. The Bertz CT molecular complexity index is 1560. The average Bonchev–Trinajstić information content (AvgIpc) is 3.01. The highest BCUT2D eigenvalue weighted by Gasteiger charge is 2.45. The number of amides is 1. The molecular weight excluding hydrogens is 533 g/mol. The number of ether oxygens (including phenoxy) is 1. The number of halogens is 3. The van der Waals surface area contributed by atoms with Crippen LogP contribution in [0.15, 0.2) is 65.9 Å². The quantitative estimate of drug-likeness (QED) is 0.321. The zero-order chi connectivity index (χ0) is 29.6. The maximum atomic E-state index is 16.0. The van der Waals surface area contributed by atoms with Crippen LogP contribution in [0.4, 0.5) is 24.5 Å². The number of carbonyl (C=O) groups is 2. The number of phenols is 1. The minimum atomic E-state index is -1.12. The Morgan fingerprint density at radius 2 is 1.78 bits per heavy atom. The van der Waals surface area contributed by atoms with E-state index >= 15 is 4.39 Å². The van der Waals surface area contributed by atoms with Crippen LogP contribution >= 0.6 is 0 Å². The Labute approximate surface area is 236 Å². The monoisotopic (exact) mass is 564 g/mol. The first-order valence-corrected chi connectivity index (χ1v) is 13.4. The van der Waals surface area contributed by atoms with Gasteiger partial charge in [-0.25, -0.2) is 13.2 Å². The van der Waals surface area contributed by atoms with Crippen molar-refractivity contribution in [1.82, 2.24) is 0 Å². The Morgan fingerprint density at radius 1 is 1.07 bits per heavy atom. The second kappa shape index (κ2) is 10.6. The summed E-state index contributed by atoms with van der Waals surface area (Å²) in [5, 5.41) is 14.0. The molecule has 3 aromatic carbocycles. The lowest BCUT2D eigenvalue weighted by atomic mass is 9.73. The molecule has 1 amide bonds. The van der Waals surface area contributed by atoms with Crippen molar-refractivity contribution in [3.05, 3.63) is 94.4 Å². The van der Waals surface area contributed by atoms with Gasteiger partial charge in [-0.05, 0) is 53.8 Å². The molecule has 5 rings (SSSR count). The highest BCUT2D eigenvalue weighted by molar-refractivity contribution is 6.07. The summed E-state index contributed by atoms with van der Waals surface area (Å²) in [6.07, 6.45) is 0.637. The molecule has 2 aliphatic rings. The molecule has 3 aromatic rings. The second-order valence-corrected chi connectivity index (χ2v) is 11.6. The Morgan fingerprint density at radius 3 is 2.44 bits per heavy atom. The number of hydrogen-bond acceptors (Lipinski definition) is 5. The van der Waals surface area contributed by atoms with Crippen LogP contribution in [0.2, 0.25) is 0 Å². The number of aromatic hydroxyl groups is 1. The molecular formula is C32H31F3N2O4. The summed E-state index contributed by atoms with van der Waals surface area (Å²) in [4.78, 5) is 28.9. The van der Waals surface area contributed by atoms with Crippen molar-refractivity contribution in [2.24, 2.45) is 11.3 Å². The summed E-state index contributed by atoms with van der Waals surface area (Å²) in [5.74, 6) is -3.33. The normalized spacial score (nSPS) is 18.0. The molecule has 1 heterocycles. The highest BCUT2D eigenvalue weighted by atomic mass is 19.1. The van der Waals surface area contributed by atoms with E-state index in [-0.39, 0.29) is 58.6 Å². The number of nitrogens with one attached hydrogen (secondary N) is 1. The van der Waals surface area contributed by atoms with Crippen LogP contribution in [-0.4, -0.2) is 16.8 Å². The topological polar surface area (TPSA) is 78.9 Å². The molecule has 1 aliphatic heterocycles. The molecule has 0 aromatic heterocycles. The summed E-state index contributed by atoms with van der Waals surface area (Å²) in [6.45, 7) is 7.13. The van der Waals surface area contributed by atoms with E-state index in [1.807, 2.05) is 13.8 Å². The number of ketones is 1. The first kappa shape index (κ1) is 28.3. The van der Waals surface area contributed by atoms with Gasteiger partial charge in [0.1, 0.15) is 41.2 Å². The molecule has 0 spiro atoms. The van der Waals surface area contributed by atoms with Gasteiger partial charge in [-0.2, -0.15) is 0 Å². The maximum absolute atomic E-state index is 16.0. The molecule has 41 heavy (non-hydrogen) atoms. The summed E-state index contributed by atoms with van der Waals surface area (Å²) < 4.78 is 48.8. The zero-order valence-corrected chi connectivity index (χ0v) is 23.2. The van der Waals surface area contributed by atoms with Crippen molar-refractivity contribution >= 4 is 23.1 Å². The van der Waals surface area contributed by atoms with Gasteiger partial charge in [-0.3, -0.25) is 14.5 Å². The van der Waals surface area contributed by atoms with Crippen molar-refractivity contribution in [3.8, 4) is 11.5 Å². The highest BCUT2D eigenvalue weighted by Crippen LogP contribution is 2.51. The van der Waals surface area contributed by atoms with E-state index < -0.39 is 34.8 Å². The first-order chi connectivity index (χ1) is 19.3. The van der Waals surface area contributed by atoms with Gasteiger partial charge in [0.15, 0.2) is 5.78 Å². The molecule has 1 unspecified atom stereocenters. The fraction of sp³-hybridized carbons (Fsp3) is 0.312. The van der Waals surface area contributed by atoms with Crippen molar-refractivity contribution in [2.75, 3.05) is 10.2 Å². The minimum absolute atomic E-state index is 0.0710. The van der Waals surface area contributed by atoms with Crippen molar-refractivity contribution in [1.29, 1.82) is 0 Å². The lowest BCUT2D eigenvalue weighted by molar-refractivity contribution is -0.122. The van der Waals surface area contributed by atoms with Gasteiger partial charge in [-0.15, -0.1) is 0 Å². The minimum Gasteiger partial charge on any atom is -0.506 e. The molecule has 6 nitrogen and oxygen atoms in total. The number of fused-ring (bicyclic) bond motifs is 1. The molecule has 0 saturated carbocycles. The molecule has 0 fully saturated rings. The fourth-order valence-corrected chi connectivity index (χ4v) is 5.54. The molecule has 0 saturated heterocycles. The van der Waals surface area contributed by atoms with Crippen LogP contribution < -0.4 is 15.0 Å². The Kier molecular flexibility index (Phi) is 7.32. The van der Waals surface area contributed by atoms with Crippen LogP contribution in [0, 0.1) is 28.8 Å². The van der Waals surface area contributed by atoms with E-state index in [9.17, 15) is 23.5 Å². The number of nitrogens with zero attached hydrogens (tertiary/aromatic N) is 1. The van der Waals surface area contributed by atoms with E-state index in [1.165, 1.54) is 23.1 Å². The van der Waals surface area contributed by atoms with Crippen molar-refractivity contribution in [2.45, 2.75) is 53.2 Å². The third kappa shape index (κ3) is 5.53. The predicted octanol–water partition coefficient (Wildman–Crippen LogP) is 7.19.